The fraction of sp³-hybridized carbons (Fsp3) is 0.105. The summed E-state index contributed by atoms with van der Waals surface area (Å²) < 4.78 is 0.897. The van der Waals surface area contributed by atoms with Crippen LogP contribution in [0.5, 0.6) is 0 Å². The summed E-state index contributed by atoms with van der Waals surface area (Å²) in [6.45, 7) is 4.09. The Kier molecular flexibility index (Phi) is 5.56. The van der Waals surface area contributed by atoms with Crippen LogP contribution in [0, 0.1) is 13.8 Å². The predicted octanol–water partition coefficient (Wildman–Crippen LogP) is 3.94. The zero-order chi connectivity index (χ0) is 19.4. The summed E-state index contributed by atoms with van der Waals surface area (Å²) >= 11 is 3.34. The maximum atomic E-state index is 12.2. The van der Waals surface area contributed by atoms with Gasteiger partial charge in [0.1, 0.15) is 12.0 Å². The molecule has 0 atom stereocenters. The molecule has 3 rings (SSSR count). The first-order valence-corrected chi connectivity index (χ1v) is 9.00. The summed E-state index contributed by atoms with van der Waals surface area (Å²) in [5.74, 6) is 0.458. The van der Waals surface area contributed by atoms with E-state index < -0.39 is 0 Å². The van der Waals surface area contributed by atoms with E-state index in [0.717, 1.165) is 15.7 Å². The minimum absolute atomic E-state index is 0.298. The largest absolute Gasteiger partial charge is 0.393 e. The Morgan fingerprint density at radius 2 is 1.70 bits per heavy atom. The molecule has 0 aliphatic carbocycles. The lowest BCUT2D eigenvalue weighted by molar-refractivity contribution is 0.0962. The summed E-state index contributed by atoms with van der Waals surface area (Å²) in [5.41, 5.74) is 15.5. The Hall–Kier alpha value is -3.13. The van der Waals surface area contributed by atoms with Crippen LogP contribution >= 0.6 is 15.9 Å². The molecule has 0 aliphatic heterocycles. The molecule has 7 nitrogen and oxygen atoms in total. The minimum atomic E-state index is -0.302. The third-order valence-electron chi connectivity index (χ3n) is 4.05. The third-order valence-corrected chi connectivity index (χ3v) is 4.58. The second kappa shape index (κ2) is 8.05. The van der Waals surface area contributed by atoms with Crippen LogP contribution < -0.4 is 21.9 Å². The molecule has 0 aliphatic rings. The van der Waals surface area contributed by atoms with Crippen LogP contribution in [0.2, 0.25) is 0 Å². The lowest BCUT2D eigenvalue weighted by atomic mass is 10.1. The molecule has 0 fully saturated rings. The highest BCUT2D eigenvalue weighted by molar-refractivity contribution is 9.10. The van der Waals surface area contributed by atoms with Gasteiger partial charge in [-0.05, 0) is 61.4 Å². The Morgan fingerprint density at radius 3 is 2.41 bits per heavy atom. The molecule has 0 saturated heterocycles. The number of nitrogens with one attached hydrogen (secondary N) is 3. The molecule has 0 saturated carbocycles. The first-order valence-electron chi connectivity index (χ1n) is 8.20. The van der Waals surface area contributed by atoms with Gasteiger partial charge in [-0.1, -0.05) is 22.0 Å². The highest BCUT2D eigenvalue weighted by atomic mass is 79.9. The third kappa shape index (κ3) is 4.53. The number of nitrogen functional groups attached to an aromatic ring is 1. The number of aryl methyl sites for hydroxylation is 2. The number of hydrogen-bond donors (Lipinski definition) is 4. The van der Waals surface area contributed by atoms with Crippen LogP contribution in [0.25, 0.3) is 0 Å². The molecule has 27 heavy (non-hydrogen) atoms. The van der Waals surface area contributed by atoms with Gasteiger partial charge < -0.3 is 11.1 Å². The van der Waals surface area contributed by atoms with Crippen molar-refractivity contribution < 1.29 is 4.79 Å². The Morgan fingerprint density at radius 1 is 1.00 bits per heavy atom. The van der Waals surface area contributed by atoms with E-state index in [2.05, 4.69) is 42.1 Å². The molecule has 0 spiro atoms. The van der Waals surface area contributed by atoms with Crippen LogP contribution in [0.1, 0.15) is 21.5 Å². The fourth-order valence-corrected chi connectivity index (χ4v) is 2.60. The van der Waals surface area contributed by atoms with E-state index in [1.54, 1.807) is 24.3 Å². The monoisotopic (exact) mass is 426 g/mol. The smallest absolute Gasteiger partial charge is 0.269 e. The highest BCUT2D eigenvalue weighted by Gasteiger charge is 2.11. The van der Waals surface area contributed by atoms with E-state index in [1.165, 1.54) is 11.9 Å². The van der Waals surface area contributed by atoms with Crippen molar-refractivity contribution in [3.8, 4) is 0 Å². The normalized spacial score (nSPS) is 10.3. The molecule has 5 N–H and O–H groups in total. The molecule has 8 heteroatoms. The number of benzene rings is 2. The molecular formula is C19H19BrN6O. The quantitative estimate of drug-likeness (QED) is 0.460. The number of carbonyl (C=O) groups is 1. The standard InChI is InChI=1S/C19H19BrN6O/c1-11-3-8-15(9-12(11)2)24-17-16(21)18(23-10-22-17)25-26-19(27)13-4-6-14(20)7-5-13/h3-10H,21H2,1-2H3,(H,26,27)(H2,22,23,24,25). The first kappa shape index (κ1) is 18.7. The van der Waals surface area contributed by atoms with E-state index in [-0.39, 0.29) is 5.91 Å². The Bertz CT molecular complexity index is 974. The van der Waals surface area contributed by atoms with Crippen LogP contribution in [0.15, 0.2) is 53.3 Å². The van der Waals surface area contributed by atoms with Crippen molar-refractivity contribution in [2.45, 2.75) is 13.8 Å². The van der Waals surface area contributed by atoms with E-state index in [0.29, 0.717) is 22.9 Å². The maximum Gasteiger partial charge on any atom is 0.269 e. The van der Waals surface area contributed by atoms with Gasteiger partial charge in [0, 0.05) is 15.7 Å². The van der Waals surface area contributed by atoms with Crippen LogP contribution in [-0.4, -0.2) is 15.9 Å². The van der Waals surface area contributed by atoms with Gasteiger partial charge in [0.2, 0.25) is 0 Å². The highest BCUT2D eigenvalue weighted by Crippen LogP contribution is 2.26. The van der Waals surface area contributed by atoms with Gasteiger partial charge in [-0.15, -0.1) is 0 Å². The number of aromatic nitrogens is 2. The SMILES string of the molecule is Cc1ccc(Nc2ncnc(NNC(=O)c3ccc(Br)cc3)c2N)cc1C. The fourth-order valence-electron chi connectivity index (χ4n) is 2.34. The molecule has 0 bridgehead atoms. The van der Waals surface area contributed by atoms with E-state index >= 15 is 0 Å². The van der Waals surface area contributed by atoms with Crippen molar-refractivity contribution in [1.29, 1.82) is 0 Å². The van der Waals surface area contributed by atoms with Crippen LogP contribution in [0.4, 0.5) is 23.0 Å². The summed E-state index contributed by atoms with van der Waals surface area (Å²) in [7, 11) is 0. The average molecular weight is 427 g/mol. The zero-order valence-electron chi connectivity index (χ0n) is 14.9. The van der Waals surface area contributed by atoms with E-state index in [1.807, 2.05) is 32.0 Å². The van der Waals surface area contributed by atoms with Gasteiger partial charge in [0.25, 0.3) is 5.91 Å². The van der Waals surface area contributed by atoms with Gasteiger partial charge in [-0.3, -0.25) is 15.6 Å². The number of rotatable bonds is 5. The molecule has 1 heterocycles. The van der Waals surface area contributed by atoms with E-state index in [9.17, 15) is 4.79 Å². The number of anilines is 4. The number of hydrazine groups is 1. The van der Waals surface area contributed by atoms with Gasteiger partial charge in [0.05, 0.1) is 0 Å². The summed E-state index contributed by atoms with van der Waals surface area (Å²) in [6.07, 6.45) is 1.37. The average Bonchev–Trinajstić information content (AvgIpc) is 2.66. The van der Waals surface area contributed by atoms with Gasteiger partial charge in [0.15, 0.2) is 11.6 Å². The van der Waals surface area contributed by atoms with Crippen molar-refractivity contribution in [1.82, 2.24) is 15.4 Å². The van der Waals surface area contributed by atoms with Gasteiger partial charge >= 0.3 is 0 Å². The molecule has 3 aromatic rings. The molecule has 1 amide bonds. The molecule has 138 valence electrons. The van der Waals surface area contributed by atoms with Crippen molar-refractivity contribution in [2.24, 2.45) is 0 Å². The topological polar surface area (TPSA) is 105 Å². The lowest BCUT2D eigenvalue weighted by Gasteiger charge is -2.14. The van der Waals surface area contributed by atoms with E-state index in [4.69, 9.17) is 5.73 Å². The summed E-state index contributed by atoms with van der Waals surface area (Å²) in [4.78, 5) is 20.5. The number of amides is 1. The van der Waals surface area contributed by atoms with Crippen molar-refractivity contribution in [2.75, 3.05) is 16.5 Å². The summed E-state index contributed by atoms with van der Waals surface area (Å²) in [5, 5.41) is 3.17. The van der Waals surface area contributed by atoms with Gasteiger partial charge in [-0.2, -0.15) is 0 Å². The van der Waals surface area contributed by atoms with Crippen LogP contribution in [0.3, 0.4) is 0 Å². The lowest BCUT2D eigenvalue weighted by Crippen LogP contribution is -2.30. The van der Waals surface area contributed by atoms with Gasteiger partial charge in [-0.25, -0.2) is 9.97 Å². The number of halogens is 1. The number of nitrogens with two attached hydrogens (primary N) is 1. The predicted molar refractivity (Wildman–Crippen MR) is 111 cm³/mol. The van der Waals surface area contributed by atoms with Crippen molar-refractivity contribution in [3.05, 3.63) is 70.0 Å². The van der Waals surface area contributed by atoms with Crippen molar-refractivity contribution >= 4 is 44.8 Å². The number of nitrogens with zero attached hydrogens (tertiary/aromatic N) is 2. The second-order valence-corrected chi connectivity index (χ2v) is 6.91. The zero-order valence-corrected chi connectivity index (χ0v) is 16.5. The number of hydrogen-bond acceptors (Lipinski definition) is 6. The first-order chi connectivity index (χ1) is 12.9. The molecular weight excluding hydrogens is 408 g/mol. The molecule has 0 unspecified atom stereocenters. The number of carbonyl (C=O) groups excluding carboxylic acids is 1. The second-order valence-electron chi connectivity index (χ2n) is 5.99. The molecule has 1 aromatic heterocycles. The van der Waals surface area contributed by atoms with Crippen LogP contribution in [-0.2, 0) is 0 Å². The molecule has 0 radical (unpaired) electrons. The maximum absolute atomic E-state index is 12.2. The Balaban J connectivity index is 1.71. The minimum Gasteiger partial charge on any atom is -0.393 e. The summed E-state index contributed by atoms with van der Waals surface area (Å²) in [6, 6.07) is 13.0. The molecule has 2 aromatic carbocycles. The Labute approximate surface area is 165 Å². The van der Waals surface area contributed by atoms with Crippen molar-refractivity contribution in [3.63, 3.8) is 0 Å².